The molecule has 4 aliphatic rings. The van der Waals surface area contributed by atoms with E-state index in [4.69, 9.17) is 9.47 Å². The molecule has 9 heteroatoms. The lowest BCUT2D eigenvalue weighted by atomic mass is 9.85. The van der Waals surface area contributed by atoms with E-state index in [2.05, 4.69) is 57.1 Å². The van der Waals surface area contributed by atoms with Crippen LogP contribution < -0.4 is 10.2 Å². The van der Waals surface area contributed by atoms with Gasteiger partial charge < -0.3 is 19.7 Å². The van der Waals surface area contributed by atoms with E-state index in [0.29, 0.717) is 62.7 Å². The van der Waals surface area contributed by atoms with E-state index in [1.54, 1.807) is 17.3 Å². The van der Waals surface area contributed by atoms with Gasteiger partial charge in [0.2, 0.25) is 17.7 Å². The number of nitrogens with zero attached hydrogens (tertiary/aromatic N) is 3. The second-order valence-corrected chi connectivity index (χ2v) is 14.8. The third kappa shape index (κ3) is 6.52. The molecule has 242 valence electrons. The number of pyridine rings is 1. The summed E-state index contributed by atoms with van der Waals surface area (Å²) in [4.78, 5) is 50.1. The normalized spacial score (nSPS) is 27.0. The lowest BCUT2D eigenvalue weighted by molar-refractivity contribution is -0.167. The van der Waals surface area contributed by atoms with E-state index >= 15 is 0 Å². The van der Waals surface area contributed by atoms with E-state index in [0.717, 1.165) is 12.0 Å². The zero-order valence-electron chi connectivity index (χ0n) is 27.3. The number of piperidine rings is 1. The first-order chi connectivity index (χ1) is 21.5. The van der Waals surface area contributed by atoms with E-state index in [1.165, 1.54) is 0 Å². The summed E-state index contributed by atoms with van der Waals surface area (Å²) in [6, 6.07) is 10.7. The number of amides is 3. The largest absolute Gasteiger partial charge is 0.352 e. The molecule has 0 spiro atoms. The summed E-state index contributed by atoms with van der Waals surface area (Å²) < 4.78 is 12.0. The predicted molar refractivity (Wildman–Crippen MR) is 171 cm³/mol. The van der Waals surface area contributed by atoms with Gasteiger partial charge in [-0.05, 0) is 60.3 Å². The minimum atomic E-state index is -0.910. The molecule has 6 atom stereocenters. The van der Waals surface area contributed by atoms with Crippen LogP contribution in [0.25, 0.3) is 0 Å². The predicted octanol–water partition coefficient (Wildman–Crippen LogP) is 4.86. The minimum absolute atomic E-state index is 0.0605. The zero-order valence-corrected chi connectivity index (χ0v) is 27.3. The number of nitrogens with one attached hydrogen (secondary N) is 1. The average Bonchev–Trinajstić information content (AvgIpc) is 3.55. The fourth-order valence-corrected chi connectivity index (χ4v) is 7.78. The minimum Gasteiger partial charge on any atom is -0.352 e. The van der Waals surface area contributed by atoms with Crippen LogP contribution in [0.4, 0.5) is 5.69 Å². The summed E-state index contributed by atoms with van der Waals surface area (Å²) in [5, 5.41) is 3.28. The maximum Gasteiger partial charge on any atom is 0.248 e. The highest BCUT2D eigenvalue weighted by atomic mass is 16.7. The van der Waals surface area contributed by atoms with Gasteiger partial charge in [0, 0.05) is 67.0 Å². The van der Waals surface area contributed by atoms with Gasteiger partial charge in [-0.1, -0.05) is 52.8 Å². The van der Waals surface area contributed by atoms with Crippen LogP contribution in [0.1, 0.15) is 77.5 Å². The van der Waals surface area contributed by atoms with Crippen LogP contribution in [0.5, 0.6) is 0 Å². The number of fused-ring (bicyclic) bond motifs is 1. The van der Waals surface area contributed by atoms with Crippen molar-refractivity contribution in [1.29, 1.82) is 0 Å². The van der Waals surface area contributed by atoms with Crippen molar-refractivity contribution in [2.75, 3.05) is 31.2 Å². The number of hydrogen-bond donors (Lipinski definition) is 1. The highest BCUT2D eigenvalue weighted by Gasteiger charge is 2.58. The average molecular weight is 617 g/mol. The fraction of sp³-hybridized carbons (Fsp3) is 0.611. The van der Waals surface area contributed by atoms with Gasteiger partial charge in [0.1, 0.15) is 6.04 Å². The number of carbonyl (C=O) groups excluding carboxylic acids is 3. The molecule has 2 bridgehead atoms. The summed E-state index contributed by atoms with van der Waals surface area (Å²) in [6.07, 6.45) is 5.92. The van der Waals surface area contributed by atoms with Crippen molar-refractivity contribution in [3.8, 4) is 0 Å². The summed E-state index contributed by atoms with van der Waals surface area (Å²) in [7, 11) is 0. The van der Waals surface area contributed by atoms with Gasteiger partial charge in [0.05, 0.1) is 13.2 Å². The van der Waals surface area contributed by atoms with Crippen LogP contribution in [0, 0.1) is 29.6 Å². The second kappa shape index (κ2) is 12.8. The molecule has 0 radical (unpaired) electrons. The first-order valence-corrected chi connectivity index (χ1v) is 16.7. The molecule has 3 aliphatic heterocycles. The Bertz CT molecular complexity index is 1370. The Balaban J connectivity index is 1.32. The maximum absolute atomic E-state index is 14.9. The Kier molecular flexibility index (Phi) is 9.03. The molecule has 6 rings (SSSR count). The van der Waals surface area contributed by atoms with Crippen LogP contribution in [0.2, 0.25) is 0 Å². The van der Waals surface area contributed by atoms with Crippen molar-refractivity contribution >= 4 is 23.4 Å². The second-order valence-electron chi connectivity index (χ2n) is 14.8. The van der Waals surface area contributed by atoms with Crippen molar-refractivity contribution in [2.24, 2.45) is 29.6 Å². The van der Waals surface area contributed by atoms with Crippen molar-refractivity contribution in [3.05, 3.63) is 59.9 Å². The monoisotopic (exact) mass is 616 g/mol. The molecule has 4 fully saturated rings. The van der Waals surface area contributed by atoms with Gasteiger partial charge in [-0.25, -0.2) is 0 Å². The number of ether oxygens (including phenoxy) is 2. The zero-order chi connectivity index (χ0) is 31.9. The molecule has 9 nitrogen and oxygen atoms in total. The molecule has 5 unspecified atom stereocenters. The van der Waals surface area contributed by atoms with Crippen LogP contribution in [-0.4, -0.2) is 66.2 Å². The molecular weight excluding hydrogens is 568 g/mol. The number of anilines is 1. The number of rotatable bonds is 8. The highest BCUT2D eigenvalue weighted by molar-refractivity contribution is 6.03. The Morgan fingerprint density at radius 3 is 2.38 bits per heavy atom. The van der Waals surface area contributed by atoms with Crippen molar-refractivity contribution in [2.45, 2.75) is 84.1 Å². The molecule has 45 heavy (non-hydrogen) atoms. The van der Waals surface area contributed by atoms with Crippen molar-refractivity contribution in [1.82, 2.24) is 15.2 Å². The summed E-state index contributed by atoms with van der Waals surface area (Å²) in [6.45, 7) is 12.8. The van der Waals surface area contributed by atoms with E-state index in [9.17, 15) is 14.4 Å². The maximum atomic E-state index is 14.9. The third-order valence-electron chi connectivity index (χ3n) is 10.2. The standard InChI is InChI=1S/C36H48N4O5/c1-22(2)17-30(41)39-15-12-26(13-16-39)38-33(42)32(23-7-6-14-37-19-23)40(27-10-8-25(9-11-27)36(3,4)5)34(43)31-24-18-28-29(31)21-45-35(28)44-20-24/h6-11,14,19,22,24,26,28-29,31-32,35H,12-13,15-18,20-21H2,1-5H3,(H,38,42)/t24?,28?,29?,31-,32?,35?/m1/s1. The number of carbonyl (C=O) groups is 3. The molecule has 2 aromatic rings. The smallest absolute Gasteiger partial charge is 0.248 e. The van der Waals surface area contributed by atoms with Crippen molar-refractivity contribution < 1.29 is 23.9 Å². The number of aromatic nitrogens is 1. The fourth-order valence-electron chi connectivity index (χ4n) is 7.78. The van der Waals surface area contributed by atoms with Gasteiger partial charge in [-0.15, -0.1) is 0 Å². The SMILES string of the molecule is CC(C)CC(=O)N1CCC(NC(=O)C(c2cccnc2)N(C(=O)[C@@H]2C3COC4OCC2C4C3)c2ccc(C(C)(C)C)cc2)CC1. The van der Waals surface area contributed by atoms with E-state index in [-0.39, 0.29) is 59.1 Å². The molecule has 1 saturated carbocycles. The van der Waals surface area contributed by atoms with Crippen molar-refractivity contribution in [3.63, 3.8) is 0 Å². The Labute approximate surface area is 267 Å². The summed E-state index contributed by atoms with van der Waals surface area (Å²) in [5.41, 5.74) is 2.43. The molecule has 1 N–H and O–H groups in total. The molecule has 1 aromatic heterocycles. The Morgan fingerprint density at radius 1 is 1.02 bits per heavy atom. The third-order valence-corrected chi connectivity index (χ3v) is 10.2. The molecule has 3 amide bonds. The summed E-state index contributed by atoms with van der Waals surface area (Å²) >= 11 is 0. The van der Waals surface area contributed by atoms with Crippen LogP contribution in [-0.2, 0) is 29.3 Å². The van der Waals surface area contributed by atoms with Crippen LogP contribution >= 0.6 is 0 Å². The number of likely N-dealkylation sites (tertiary alicyclic amines) is 1. The van der Waals surface area contributed by atoms with Gasteiger partial charge >= 0.3 is 0 Å². The van der Waals surface area contributed by atoms with E-state index in [1.807, 2.05) is 29.2 Å². The Morgan fingerprint density at radius 2 is 1.73 bits per heavy atom. The number of benzene rings is 1. The van der Waals surface area contributed by atoms with Gasteiger partial charge in [-0.3, -0.25) is 24.3 Å². The molecule has 3 saturated heterocycles. The van der Waals surface area contributed by atoms with E-state index < -0.39 is 6.04 Å². The van der Waals surface area contributed by atoms with Gasteiger partial charge in [-0.2, -0.15) is 0 Å². The highest BCUT2D eigenvalue weighted by Crippen LogP contribution is 2.53. The lowest BCUT2D eigenvalue weighted by Gasteiger charge is -2.38. The lowest BCUT2D eigenvalue weighted by Crippen LogP contribution is -2.52. The molecule has 1 aliphatic carbocycles. The topological polar surface area (TPSA) is 101 Å². The quantitative estimate of drug-likeness (QED) is 0.455. The molecular formula is C36H48N4O5. The van der Waals surface area contributed by atoms with Gasteiger partial charge in [0.15, 0.2) is 6.29 Å². The Hall–Kier alpha value is -3.30. The molecule has 1 aromatic carbocycles. The summed E-state index contributed by atoms with van der Waals surface area (Å²) in [5.74, 6) is 0.242. The first kappa shape index (κ1) is 31.7. The van der Waals surface area contributed by atoms with Crippen LogP contribution in [0.3, 0.4) is 0 Å². The number of hydrogen-bond acceptors (Lipinski definition) is 6. The first-order valence-electron chi connectivity index (χ1n) is 16.7. The van der Waals surface area contributed by atoms with Gasteiger partial charge in [0.25, 0.3) is 0 Å². The molecule has 4 heterocycles. The van der Waals surface area contributed by atoms with Crippen LogP contribution in [0.15, 0.2) is 48.8 Å².